The van der Waals surface area contributed by atoms with E-state index in [0.29, 0.717) is 17.5 Å². The first kappa shape index (κ1) is 38.5. The van der Waals surface area contributed by atoms with E-state index in [1.54, 1.807) is 0 Å². The second-order valence-electron chi connectivity index (χ2n) is 18.1. The maximum absolute atomic E-state index is 5.17. The van der Waals surface area contributed by atoms with Gasteiger partial charge in [0.2, 0.25) is 0 Å². The van der Waals surface area contributed by atoms with E-state index in [1.165, 1.54) is 66.8 Å². The van der Waals surface area contributed by atoms with Crippen molar-refractivity contribution in [3.8, 4) is 78.7 Å². The SMILES string of the molecule is c1ccc(-c2nc(-c3ccc(-c4ccc5c(c4)-c4ccccc4C54c5ccccc5C5(c6ccccc6-c6ccccc65)c5ccccc54)cc3)nc(-c3ccccc3-c3ccccc3)n2)cc1. The fourth-order valence-electron chi connectivity index (χ4n) is 12.1. The van der Waals surface area contributed by atoms with Crippen molar-refractivity contribution in [3.63, 3.8) is 0 Å². The van der Waals surface area contributed by atoms with Gasteiger partial charge >= 0.3 is 0 Å². The van der Waals surface area contributed by atoms with Gasteiger partial charge in [-0.2, -0.15) is 0 Å². The first-order chi connectivity index (χ1) is 33.7. The molecule has 10 aromatic carbocycles. The van der Waals surface area contributed by atoms with Crippen LogP contribution in [0.1, 0.15) is 44.5 Å². The van der Waals surface area contributed by atoms with Gasteiger partial charge in [0, 0.05) is 16.7 Å². The molecule has 0 saturated carbocycles. The minimum atomic E-state index is -0.523. The van der Waals surface area contributed by atoms with Gasteiger partial charge in [0.1, 0.15) is 0 Å². The lowest BCUT2D eigenvalue weighted by Gasteiger charge is -2.48. The number of nitrogens with zero attached hydrogens (tertiary/aromatic N) is 3. The Kier molecular flexibility index (Phi) is 8.41. The smallest absolute Gasteiger partial charge is 0.164 e. The van der Waals surface area contributed by atoms with Crippen molar-refractivity contribution in [3.05, 3.63) is 293 Å². The summed E-state index contributed by atoms with van der Waals surface area (Å²) in [6.07, 6.45) is 0. The molecule has 0 unspecified atom stereocenters. The lowest BCUT2D eigenvalue weighted by molar-refractivity contribution is 0.633. The van der Waals surface area contributed by atoms with E-state index < -0.39 is 10.8 Å². The number of aromatic nitrogens is 3. The number of rotatable bonds is 5. The molecule has 316 valence electrons. The van der Waals surface area contributed by atoms with Crippen molar-refractivity contribution in [2.45, 2.75) is 10.8 Å². The lowest BCUT2D eigenvalue weighted by atomic mass is 9.52. The molecule has 0 amide bonds. The molecule has 0 aliphatic heterocycles. The van der Waals surface area contributed by atoms with Gasteiger partial charge < -0.3 is 0 Å². The highest BCUT2D eigenvalue weighted by Crippen LogP contribution is 2.67. The monoisotopic (exact) mass is 863 g/mol. The molecule has 14 rings (SSSR count). The molecule has 0 fully saturated rings. The molecule has 3 nitrogen and oxygen atoms in total. The standard InChI is InChI=1S/C65H41N3/c1-3-19-43(20-4-1)47-23-7-8-27-51(47)63-67-61(44-21-5-2-6-22-44)66-62(68-63)45-37-35-42(36-38-45)46-39-40-56-52(41-46)50-26-11-14-30-55(50)65(56)59-33-17-15-31-57(59)64(58-32-16-18-34-60(58)65)53-28-12-9-24-48(53)49-25-10-13-29-54(49)64/h1-41H. The van der Waals surface area contributed by atoms with Crippen LogP contribution in [0.4, 0.5) is 0 Å². The van der Waals surface area contributed by atoms with E-state index in [9.17, 15) is 0 Å². The van der Waals surface area contributed by atoms with Crippen LogP contribution in [0.3, 0.4) is 0 Å². The Hall–Kier alpha value is -8.79. The summed E-state index contributed by atoms with van der Waals surface area (Å²) in [6, 6.07) is 90.7. The molecule has 11 aromatic rings. The summed E-state index contributed by atoms with van der Waals surface area (Å²) in [6.45, 7) is 0. The van der Waals surface area contributed by atoms with Crippen molar-refractivity contribution in [2.75, 3.05) is 0 Å². The van der Waals surface area contributed by atoms with E-state index >= 15 is 0 Å². The van der Waals surface area contributed by atoms with Crippen LogP contribution in [0.15, 0.2) is 249 Å². The van der Waals surface area contributed by atoms with Crippen molar-refractivity contribution >= 4 is 0 Å². The summed E-state index contributed by atoms with van der Waals surface area (Å²) >= 11 is 0. The maximum Gasteiger partial charge on any atom is 0.164 e. The normalized spacial score (nSPS) is 13.8. The van der Waals surface area contributed by atoms with Crippen LogP contribution in [0.5, 0.6) is 0 Å². The van der Waals surface area contributed by atoms with Crippen LogP contribution < -0.4 is 0 Å². The summed E-state index contributed by atoms with van der Waals surface area (Å²) < 4.78 is 0. The van der Waals surface area contributed by atoms with Gasteiger partial charge in [0.15, 0.2) is 17.5 Å². The molecule has 68 heavy (non-hydrogen) atoms. The van der Waals surface area contributed by atoms with Crippen molar-refractivity contribution < 1.29 is 0 Å². The van der Waals surface area contributed by atoms with Gasteiger partial charge in [-0.1, -0.05) is 243 Å². The van der Waals surface area contributed by atoms with E-state index in [0.717, 1.165) is 38.9 Å². The molecule has 3 aliphatic carbocycles. The summed E-state index contributed by atoms with van der Waals surface area (Å²) in [5.74, 6) is 1.91. The van der Waals surface area contributed by atoms with Crippen molar-refractivity contribution in [2.24, 2.45) is 0 Å². The third-order valence-electron chi connectivity index (χ3n) is 14.9. The van der Waals surface area contributed by atoms with Gasteiger partial charge in [-0.05, 0) is 95.1 Å². The maximum atomic E-state index is 5.17. The minimum absolute atomic E-state index is 0.461. The summed E-state index contributed by atoms with van der Waals surface area (Å²) in [7, 11) is 0. The fraction of sp³-hybridized carbons (Fsp3) is 0.0308. The first-order valence-electron chi connectivity index (χ1n) is 23.4. The Morgan fingerprint density at radius 2 is 0.515 bits per heavy atom. The Balaban J connectivity index is 0.913. The van der Waals surface area contributed by atoms with Gasteiger partial charge in [0.25, 0.3) is 0 Å². The second kappa shape index (κ2) is 14.9. The largest absolute Gasteiger partial charge is 0.208 e. The Labute approximate surface area is 395 Å². The third-order valence-corrected chi connectivity index (χ3v) is 14.9. The summed E-state index contributed by atoms with van der Waals surface area (Å²) in [4.78, 5) is 15.4. The van der Waals surface area contributed by atoms with Crippen molar-refractivity contribution in [1.82, 2.24) is 15.0 Å². The average Bonchev–Trinajstić information content (AvgIpc) is 3.89. The topological polar surface area (TPSA) is 38.7 Å². The third kappa shape index (κ3) is 5.33. The highest BCUT2D eigenvalue weighted by atomic mass is 15.0. The van der Waals surface area contributed by atoms with Crippen molar-refractivity contribution in [1.29, 1.82) is 0 Å². The summed E-state index contributed by atoms with van der Waals surface area (Å²) in [5.41, 5.74) is 22.2. The molecule has 3 heteroatoms. The van der Waals surface area contributed by atoms with E-state index in [4.69, 9.17) is 15.0 Å². The van der Waals surface area contributed by atoms with Crippen LogP contribution in [0.25, 0.3) is 78.7 Å². The molecule has 0 atom stereocenters. The molecule has 0 saturated heterocycles. The van der Waals surface area contributed by atoms with Crippen LogP contribution in [-0.4, -0.2) is 15.0 Å². The highest BCUT2D eigenvalue weighted by molar-refractivity contribution is 5.95. The Morgan fingerprint density at radius 3 is 1.01 bits per heavy atom. The lowest BCUT2D eigenvalue weighted by Crippen LogP contribution is -2.43. The van der Waals surface area contributed by atoms with Gasteiger partial charge in [-0.3, -0.25) is 0 Å². The molecule has 1 heterocycles. The molecular weight excluding hydrogens is 823 g/mol. The predicted molar refractivity (Wildman–Crippen MR) is 275 cm³/mol. The van der Waals surface area contributed by atoms with E-state index in [-0.39, 0.29) is 0 Å². The van der Waals surface area contributed by atoms with Crippen LogP contribution in [0.2, 0.25) is 0 Å². The van der Waals surface area contributed by atoms with Crippen LogP contribution in [-0.2, 0) is 10.8 Å². The molecule has 1 aromatic heterocycles. The Morgan fingerprint density at radius 1 is 0.191 bits per heavy atom. The molecule has 0 N–H and O–H groups in total. The average molecular weight is 864 g/mol. The van der Waals surface area contributed by atoms with Gasteiger partial charge in [-0.25, -0.2) is 15.0 Å². The van der Waals surface area contributed by atoms with Gasteiger partial charge in [-0.15, -0.1) is 0 Å². The predicted octanol–water partition coefficient (Wildman–Crippen LogP) is 15.2. The molecule has 0 radical (unpaired) electrons. The van der Waals surface area contributed by atoms with E-state index in [2.05, 4.69) is 224 Å². The number of benzene rings is 10. The zero-order valence-electron chi connectivity index (χ0n) is 37.0. The number of hydrogen-bond donors (Lipinski definition) is 0. The molecule has 2 spiro atoms. The number of hydrogen-bond acceptors (Lipinski definition) is 3. The van der Waals surface area contributed by atoms with Crippen LogP contribution >= 0.6 is 0 Å². The van der Waals surface area contributed by atoms with E-state index in [1.807, 2.05) is 24.3 Å². The quantitative estimate of drug-likeness (QED) is 0.173. The summed E-state index contributed by atoms with van der Waals surface area (Å²) in [5, 5.41) is 0. The zero-order chi connectivity index (χ0) is 44.8. The first-order valence-corrected chi connectivity index (χ1v) is 23.4. The molecule has 0 bridgehead atoms. The van der Waals surface area contributed by atoms with Crippen LogP contribution in [0, 0.1) is 0 Å². The molecular formula is C65H41N3. The number of fused-ring (bicyclic) bond motifs is 16. The highest BCUT2D eigenvalue weighted by Gasteiger charge is 2.58. The second-order valence-corrected chi connectivity index (χ2v) is 18.1. The Bertz CT molecular complexity index is 3700. The molecule has 3 aliphatic rings. The van der Waals surface area contributed by atoms with Gasteiger partial charge in [0.05, 0.1) is 10.8 Å². The minimum Gasteiger partial charge on any atom is -0.208 e. The zero-order valence-corrected chi connectivity index (χ0v) is 37.0. The fourth-order valence-corrected chi connectivity index (χ4v) is 12.1.